The average Bonchev–Trinajstić information content (AvgIpc) is 3.43. The van der Waals surface area contributed by atoms with Crippen LogP contribution in [-0.4, -0.2) is 40.2 Å². The zero-order valence-corrected chi connectivity index (χ0v) is 17.3. The van der Waals surface area contributed by atoms with Gasteiger partial charge in [-0.2, -0.15) is 0 Å². The van der Waals surface area contributed by atoms with Gasteiger partial charge >= 0.3 is 6.09 Å². The molecule has 0 unspecified atom stereocenters. The molecule has 1 heterocycles. The molecule has 7 nitrogen and oxygen atoms in total. The van der Waals surface area contributed by atoms with Gasteiger partial charge in [0, 0.05) is 23.8 Å². The van der Waals surface area contributed by atoms with Crippen molar-refractivity contribution < 1.29 is 9.53 Å². The normalized spacial score (nSPS) is 14.1. The Morgan fingerprint density at radius 1 is 1.32 bits per heavy atom. The van der Waals surface area contributed by atoms with Crippen molar-refractivity contribution >= 4 is 41.3 Å². The topological polar surface area (TPSA) is 88.5 Å². The fourth-order valence-corrected chi connectivity index (χ4v) is 2.65. The van der Waals surface area contributed by atoms with Gasteiger partial charge in [0.2, 0.25) is 0 Å². The number of hydrogen-bond donors (Lipinski definition) is 2. The second-order valence-corrected chi connectivity index (χ2v) is 8.28. The van der Waals surface area contributed by atoms with E-state index in [4.69, 9.17) is 4.74 Å². The predicted molar refractivity (Wildman–Crippen MR) is 114 cm³/mol. The number of thioether (sulfide) groups is 1. The predicted octanol–water partition coefficient (Wildman–Crippen LogP) is 4.87. The lowest BCUT2D eigenvalue weighted by molar-refractivity contribution is 0.0636. The molecule has 1 saturated carbocycles. The summed E-state index contributed by atoms with van der Waals surface area (Å²) in [5.74, 6) is 0.679. The molecular formula is C20H25N5O2S. The molecule has 0 aliphatic heterocycles. The molecule has 2 aromatic rings. The van der Waals surface area contributed by atoms with Crippen molar-refractivity contribution in [1.29, 1.82) is 0 Å². The summed E-state index contributed by atoms with van der Waals surface area (Å²) in [5, 5.41) is 6.73. The number of hydrogen-bond acceptors (Lipinski definition) is 7. The number of ether oxygens (including phenoxy) is 1. The van der Waals surface area contributed by atoms with Gasteiger partial charge in [0.25, 0.3) is 0 Å². The van der Waals surface area contributed by atoms with E-state index < -0.39 is 11.7 Å². The zero-order chi connectivity index (χ0) is 20.1. The monoisotopic (exact) mass is 399 g/mol. The highest BCUT2D eigenvalue weighted by atomic mass is 32.2. The average molecular weight is 400 g/mol. The van der Waals surface area contributed by atoms with Crippen molar-refractivity contribution in [2.75, 3.05) is 16.9 Å². The summed E-state index contributed by atoms with van der Waals surface area (Å²) < 4.78 is 5.30. The van der Waals surface area contributed by atoms with Gasteiger partial charge < -0.3 is 10.1 Å². The molecule has 1 aromatic carbocycles. The minimum Gasteiger partial charge on any atom is -0.444 e. The fraction of sp³-hybridized carbons (Fsp3) is 0.400. The van der Waals surface area contributed by atoms with E-state index in [1.54, 1.807) is 12.3 Å². The van der Waals surface area contributed by atoms with Crippen LogP contribution in [0, 0.1) is 0 Å². The van der Waals surface area contributed by atoms with Crippen LogP contribution in [0.25, 0.3) is 0 Å². The molecule has 8 heteroatoms. The first-order chi connectivity index (χ1) is 13.3. The van der Waals surface area contributed by atoms with Gasteiger partial charge in [-0.3, -0.25) is 10.3 Å². The van der Waals surface area contributed by atoms with Crippen LogP contribution in [-0.2, 0) is 4.74 Å². The molecule has 0 spiro atoms. The molecule has 28 heavy (non-hydrogen) atoms. The third-order valence-electron chi connectivity index (χ3n) is 3.72. The van der Waals surface area contributed by atoms with E-state index in [1.165, 1.54) is 11.8 Å². The maximum absolute atomic E-state index is 12.0. The van der Waals surface area contributed by atoms with Gasteiger partial charge in [0.05, 0.1) is 11.6 Å². The number of aliphatic imine (C=N–C) groups is 1. The number of anilines is 3. The maximum Gasteiger partial charge on any atom is 0.412 e. The second-order valence-electron chi connectivity index (χ2n) is 7.50. The fourth-order valence-electron chi connectivity index (χ4n) is 2.31. The molecule has 1 aliphatic carbocycles. The van der Waals surface area contributed by atoms with E-state index in [0.717, 1.165) is 24.1 Å². The standard InChI is InChI=1S/C20H25N5O2S/c1-20(2,3)27-19(26)24-16-7-5-6-15(10-16)23-17-13(11-21-14-8-9-14)12-22-18(25-17)28-4/h5-7,10-12,14H,8-9H2,1-4H3,(H,24,26)(H,22,23,25). The summed E-state index contributed by atoms with van der Waals surface area (Å²) in [7, 11) is 0. The summed E-state index contributed by atoms with van der Waals surface area (Å²) in [6.45, 7) is 5.48. The lowest BCUT2D eigenvalue weighted by atomic mass is 10.2. The van der Waals surface area contributed by atoms with Crippen LogP contribution in [0.15, 0.2) is 40.6 Å². The Kier molecular flexibility index (Phi) is 6.18. The molecule has 3 rings (SSSR count). The number of carbonyl (C=O) groups is 1. The molecule has 0 atom stereocenters. The molecule has 1 amide bonds. The minimum absolute atomic E-state index is 0.425. The summed E-state index contributed by atoms with van der Waals surface area (Å²) in [5.41, 5.74) is 1.70. The smallest absolute Gasteiger partial charge is 0.412 e. The first-order valence-electron chi connectivity index (χ1n) is 9.14. The number of benzene rings is 1. The third-order valence-corrected chi connectivity index (χ3v) is 4.28. The van der Waals surface area contributed by atoms with Crippen LogP contribution in [0.2, 0.25) is 0 Å². The molecule has 0 saturated heterocycles. The van der Waals surface area contributed by atoms with Crippen molar-refractivity contribution in [3.8, 4) is 0 Å². The summed E-state index contributed by atoms with van der Waals surface area (Å²) >= 11 is 1.48. The molecular weight excluding hydrogens is 374 g/mol. The van der Waals surface area contributed by atoms with E-state index in [2.05, 4.69) is 25.6 Å². The molecule has 1 fully saturated rings. The highest BCUT2D eigenvalue weighted by Crippen LogP contribution is 2.25. The first-order valence-corrected chi connectivity index (χ1v) is 10.4. The molecule has 148 valence electrons. The Labute approximate surface area is 169 Å². The van der Waals surface area contributed by atoms with Gasteiger partial charge in [0.1, 0.15) is 11.4 Å². The van der Waals surface area contributed by atoms with Gasteiger partial charge in [0.15, 0.2) is 5.16 Å². The number of amides is 1. The van der Waals surface area contributed by atoms with E-state index in [0.29, 0.717) is 22.7 Å². The van der Waals surface area contributed by atoms with E-state index in [-0.39, 0.29) is 0 Å². The van der Waals surface area contributed by atoms with Crippen LogP contribution >= 0.6 is 11.8 Å². The zero-order valence-electron chi connectivity index (χ0n) is 16.5. The van der Waals surface area contributed by atoms with E-state index >= 15 is 0 Å². The van der Waals surface area contributed by atoms with Crippen LogP contribution in [0.1, 0.15) is 39.2 Å². The van der Waals surface area contributed by atoms with Crippen molar-refractivity contribution in [2.45, 2.75) is 50.4 Å². The molecule has 1 aromatic heterocycles. The highest BCUT2D eigenvalue weighted by molar-refractivity contribution is 7.98. The van der Waals surface area contributed by atoms with Gasteiger partial charge in [-0.15, -0.1) is 0 Å². The quantitative estimate of drug-likeness (QED) is 0.409. The summed E-state index contributed by atoms with van der Waals surface area (Å²) in [6, 6.07) is 7.81. The molecule has 2 N–H and O–H groups in total. The van der Waals surface area contributed by atoms with Crippen molar-refractivity contribution in [3.05, 3.63) is 36.0 Å². The Hall–Kier alpha value is -2.61. The Morgan fingerprint density at radius 2 is 2.07 bits per heavy atom. The Balaban J connectivity index is 1.76. The van der Waals surface area contributed by atoms with Crippen LogP contribution in [0.5, 0.6) is 0 Å². The number of rotatable bonds is 6. The summed E-state index contributed by atoms with van der Waals surface area (Å²) in [6.07, 6.45) is 7.32. The van der Waals surface area contributed by atoms with Gasteiger partial charge in [-0.1, -0.05) is 17.8 Å². The van der Waals surface area contributed by atoms with Crippen LogP contribution < -0.4 is 10.6 Å². The van der Waals surface area contributed by atoms with E-state index in [1.807, 2.05) is 51.4 Å². The van der Waals surface area contributed by atoms with Gasteiger partial charge in [-0.25, -0.2) is 14.8 Å². The highest BCUT2D eigenvalue weighted by Gasteiger charge is 2.19. The number of nitrogens with one attached hydrogen (secondary N) is 2. The largest absolute Gasteiger partial charge is 0.444 e. The molecule has 0 bridgehead atoms. The lowest BCUT2D eigenvalue weighted by Gasteiger charge is -2.19. The number of nitrogens with zero attached hydrogens (tertiary/aromatic N) is 3. The first kappa shape index (κ1) is 20.1. The third kappa shape index (κ3) is 6.23. The SMILES string of the molecule is CSc1ncc(C=NC2CC2)c(Nc2cccc(NC(=O)OC(C)(C)C)c2)n1. The Bertz CT molecular complexity index is 875. The number of carbonyl (C=O) groups excluding carboxylic acids is 1. The van der Waals surface area contributed by atoms with E-state index in [9.17, 15) is 4.79 Å². The minimum atomic E-state index is -0.551. The molecule has 1 aliphatic rings. The second kappa shape index (κ2) is 8.60. The molecule has 0 radical (unpaired) electrons. The van der Waals surface area contributed by atoms with Gasteiger partial charge in [-0.05, 0) is 58.1 Å². The lowest BCUT2D eigenvalue weighted by Crippen LogP contribution is -2.27. The van der Waals surface area contributed by atoms with Crippen molar-refractivity contribution in [3.63, 3.8) is 0 Å². The van der Waals surface area contributed by atoms with Crippen LogP contribution in [0.3, 0.4) is 0 Å². The van der Waals surface area contributed by atoms with Crippen molar-refractivity contribution in [2.24, 2.45) is 4.99 Å². The Morgan fingerprint density at radius 3 is 2.75 bits per heavy atom. The maximum atomic E-state index is 12.0. The van der Waals surface area contributed by atoms with Crippen LogP contribution in [0.4, 0.5) is 22.0 Å². The van der Waals surface area contributed by atoms with Crippen molar-refractivity contribution in [1.82, 2.24) is 9.97 Å². The number of aromatic nitrogens is 2. The summed E-state index contributed by atoms with van der Waals surface area (Å²) in [4.78, 5) is 25.4.